The molecule has 5 nitrogen and oxygen atoms in total. The second kappa shape index (κ2) is 5.58. The Kier molecular flexibility index (Phi) is 3.94. The number of nitriles is 1. The second-order valence-corrected chi connectivity index (χ2v) is 7.23. The minimum absolute atomic E-state index is 0.0577. The molecule has 5 heteroatoms. The van der Waals surface area contributed by atoms with Crippen LogP contribution in [0.25, 0.3) is 0 Å². The van der Waals surface area contributed by atoms with Gasteiger partial charge in [-0.2, -0.15) is 5.26 Å². The number of carbonyl (C=O) groups is 1. The monoisotopic (exact) mass is 290 g/mol. The van der Waals surface area contributed by atoms with Gasteiger partial charge in [0.2, 0.25) is 5.91 Å². The van der Waals surface area contributed by atoms with Crippen LogP contribution in [0.3, 0.4) is 0 Å². The van der Waals surface area contributed by atoms with E-state index in [1.807, 2.05) is 0 Å². The number of nitrogens with two attached hydrogens (primary N) is 1. The normalized spacial score (nSPS) is 33.1. The first-order valence-electron chi connectivity index (χ1n) is 8.26. The Hall–Kier alpha value is -1.12. The van der Waals surface area contributed by atoms with Crippen molar-refractivity contribution in [3.05, 3.63) is 0 Å². The van der Waals surface area contributed by atoms with Gasteiger partial charge in [-0.3, -0.25) is 15.0 Å². The number of amides is 1. The molecule has 116 valence electrons. The van der Waals surface area contributed by atoms with Crippen LogP contribution in [0, 0.1) is 23.2 Å². The SMILES string of the molecule is CC1CCC(C(N)=O)CN1CC(C#N)(NC1CC1)C1CC1. The van der Waals surface area contributed by atoms with Gasteiger partial charge in [0.15, 0.2) is 0 Å². The third-order valence-corrected chi connectivity index (χ3v) is 5.38. The Labute approximate surface area is 126 Å². The van der Waals surface area contributed by atoms with Crippen molar-refractivity contribution in [3.8, 4) is 6.07 Å². The van der Waals surface area contributed by atoms with Gasteiger partial charge in [-0.25, -0.2) is 0 Å². The van der Waals surface area contributed by atoms with E-state index in [0.29, 0.717) is 24.5 Å². The number of hydrogen-bond donors (Lipinski definition) is 2. The van der Waals surface area contributed by atoms with Gasteiger partial charge in [0.1, 0.15) is 5.54 Å². The summed E-state index contributed by atoms with van der Waals surface area (Å²) in [5, 5.41) is 13.4. The van der Waals surface area contributed by atoms with Crippen LogP contribution in [0.4, 0.5) is 0 Å². The highest BCUT2D eigenvalue weighted by Crippen LogP contribution is 2.42. The number of piperidine rings is 1. The molecule has 2 aliphatic carbocycles. The van der Waals surface area contributed by atoms with Gasteiger partial charge in [-0.15, -0.1) is 0 Å². The van der Waals surface area contributed by atoms with E-state index in [0.717, 1.165) is 32.2 Å². The predicted molar refractivity (Wildman–Crippen MR) is 80.2 cm³/mol. The second-order valence-electron chi connectivity index (χ2n) is 7.23. The fourth-order valence-corrected chi connectivity index (χ4v) is 3.57. The van der Waals surface area contributed by atoms with Gasteiger partial charge >= 0.3 is 0 Å². The maximum atomic E-state index is 11.5. The summed E-state index contributed by atoms with van der Waals surface area (Å²) in [6, 6.07) is 3.54. The largest absolute Gasteiger partial charge is 0.369 e. The summed E-state index contributed by atoms with van der Waals surface area (Å²) in [4.78, 5) is 13.8. The number of hydrogen-bond acceptors (Lipinski definition) is 4. The van der Waals surface area contributed by atoms with Crippen molar-refractivity contribution in [1.82, 2.24) is 10.2 Å². The molecule has 0 aromatic rings. The molecule has 1 aliphatic heterocycles. The van der Waals surface area contributed by atoms with Crippen LogP contribution >= 0.6 is 0 Å². The number of rotatable bonds is 6. The number of nitrogens with one attached hydrogen (secondary N) is 1. The molecule has 1 heterocycles. The smallest absolute Gasteiger partial charge is 0.221 e. The Morgan fingerprint density at radius 3 is 2.57 bits per heavy atom. The molecule has 0 bridgehead atoms. The lowest BCUT2D eigenvalue weighted by atomic mass is 9.88. The van der Waals surface area contributed by atoms with Crippen molar-refractivity contribution < 1.29 is 4.79 Å². The van der Waals surface area contributed by atoms with Crippen LogP contribution in [-0.2, 0) is 4.79 Å². The zero-order valence-corrected chi connectivity index (χ0v) is 12.8. The number of nitrogens with zero attached hydrogens (tertiary/aromatic N) is 2. The Morgan fingerprint density at radius 2 is 2.05 bits per heavy atom. The molecule has 3 aliphatic rings. The van der Waals surface area contributed by atoms with Gasteiger partial charge in [0.25, 0.3) is 0 Å². The standard InChI is InChI=1S/C16H26N4O/c1-11-2-3-12(15(18)21)8-20(11)10-16(9-17,13-4-5-13)19-14-6-7-14/h11-14,19H,2-8,10H2,1H3,(H2,18,21). The molecule has 0 aromatic carbocycles. The Bertz CT molecular complexity index is 452. The van der Waals surface area contributed by atoms with Crippen LogP contribution in [0.15, 0.2) is 0 Å². The molecule has 21 heavy (non-hydrogen) atoms. The fraction of sp³-hybridized carbons (Fsp3) is 0.875. The molecule has 2 saturated carbocycles. The van der Waals surface area contributed by atoms with Gasteiger partial charge in [0.05, 0.1) is 12.0 Å². The summed E-state index contributed by atoms with van der Waals surface area (Å²) < 4.78 is 0. The average Bonchev–Trinajstić information content (AvgIpc) is 3.33. The molecule has 3 unspecified atom stereocenters. The minimum Gasteiger partial charge on any atom is -0.369 e. The molecule has 1 saturated heterocycles. The summed E-state index contributed by atoms with van der Waals surface area (Å²) >= 11 is 0. The first-order valence-corrected chi connectivity index (χ1v) is 8.26. The molecule has 0 aromatic heterocycles. The zero-order chi connectivity index (χ0) is 15.0. The lowest BCUT2D eigenvalue weighted by Gasteiger charge is -2.42. The molecule has 1 amide bonds. The van der Waals surface area contributed by atoms with Gasteiger partial charge in [-0.05, 0) is 51.4 Å². The number of primary amides is 1. The fourth-order valence-electron chi connectivity index (χ4n) is 3.57. The van der Waals surface area contributed by atoms with Crippen molar-refractivity contribution in [2.24, 2.45) is 17.6 Å². The highest BCUT2D eigenvalue weighted by molar-refractivity contribution is 5.77. The Balaban J connectivity index is 1.71. The van der Waals surface area contributed by atoms with E-state index in [9.17, 15) is 10.1 Å². The van der Waals surface area contributed by atoms with E-state index >= 15 is 0 Å². The van der Waals surface area contributed by atoms with E-state index in [2.05, 4.69) is 23.2 Å². The van der Waals surface area contributed by atoms with Crippen molar-refractivity contribution in [2.75, 3.05) is 13.1 Å². The van der Waals surface area contributed by atoms with E-state index in [-0.39, 0.29) is 11.8 Å². The summed E-state index contributed by atoms with van der Waals surface area (Å²) in [5.41, 5.74) is 5.07. The summed E-state index contributed by atoms with van der Waals surface area (Å²) in [7, 11) is 0. The summed E-state index contributed by atoms with van der Waals surface area (Å²) in [6.45, 7) is 3.64. The van der Waals surface area contributed by atoms with E-state index < -0.39 is 5.54 Å². The van der Waals surface area contributed by atoms with Crippen molar-refractivity contribution >= 4 is 5.91 Å². The van der Waals surface area contributed by atoms with Crippen molar-refractivity contribution in [3.63, 3.8) is 0 Å². The lowest BCUT2D eigenvalue weighted by molar-refractivity contribution is -0.124. The highest BCUT2D eigenvalue weighted by Gasteiger charge is 2.50. The molecular weight excluding hydrogens is 264 g/mol. The minimum atomic E-state index is -0.422. The van der Waals surface area contributed by atoms with Gasteiger partial charge in [0, 0.05) is 25.2 Å². The lowest BCUT2D eigenvalue weighted by Crippen LogP contribution is -2.59. The molecule has 3 rings (SSSR count). The highest BCUT2D eigenvalue weighted by atomic mass is 16.1. The van der Waals surface area contributed by atoms with Crippen LogP contribution in [-0.4, -0.2) is 41.5 Å². The maximum Gasteiger partial charge on any atom is 0.221 e. The Morgan fingerprint density at radius 1 is 1.33 bits per heavy atom. The quantitative estimate of drug-likeness (QED) is 0.764. The van der Waals surface area contributed by atoms with E-state index in [1.165, 1.54) is 12.8 Å². The molecular formula is C16H26N4O. The molecule has 3 N–H and O–H groups in total. The van der Waals surface area contributed by atoms with E-state index in [4.69, 9.17) is 5.73 Å². The van der Waals surface area contributed by atoms with Gasteiger partial charge < -0.3 is 5.73 Å². The third-order valence-electron chi connectivity index (χ3n) is 5.38. The first-order chi connectivity index (χ1) is 10.0. The zero-order valence-electron chi connectivity index (χ0n) is 12.8. The predicted octanol–water partition coefficient (Wildman–Crippen LogP) is 0.997. The first kappa shape index (κ1) is 14.8. The third kappa shape index (κ3) is 3.22. The van der Waals surface area contributed by atoms with Crippen LogP contribution < -0.4 is 11.1 Å². The maximum absolute atomic E-state index is 11.5. The van der Waals surface area contributed by atoms with Gasteiger partial charge in [-0.1, -0.05) is 0 Å². The molecule has 0 radical (unpaired) electrons. The topological polar surface area (TPSA) is 82.2 Å². The average molecular weight is 290 g/mol. The van der Waals surface area contributed by atoms with E-state index in [1.54, 1.807) is 0 Å². The summed E-state index contributed by atoms with van der Waals surface area (Å²) in [5.74, 6) is 0.220. The van der Waals surface area contributed by atoms with Crippen LogP contribution in [0.2, 0.25) is 0 Å². The molecule has 3 fully saturated rings. The van der Waals surface area contributed by atoms with Crippen LogP contribution in [0.1, 0.15) is 45.4 Å². The molecule has 0 spiro atoms. The summed E-state index contributed by atoms with van der Waals surface area (Å²) in [6.07, 6.45) is 6.55. The number of likely N-dealkylation sites (tertiary alicyclic amines) is 1. The number of carbonyl (C=O) groups excluding carboxylic acids is 1. The molecule has 3 atom stereocenters. The van der Waals surface area contributed by atoms with Crippen molar-refractivity contribution in [1.29, 1.82) is 5.26 Å². The van der Waals surface area contributed by atoms with Crippen LogP contribution in [0.5, 0.6) is 0 Å². The van der Waals surface area contributed by atoms with Crippen molar-refractivity contribution in [2.45, 2.75) is 63.1 Å².